The number of rotatable bonds is 9. The summed E-state index contributed by atoms with van der Waals surface area (Å²) in [6, 6.07) is 0. The lowest BCUT2D eigenvalue weighted by atomic mass is 10.0. The first kappa shape index (κ1) is 17.4. The molecule has 0 unspecified atom stereocenters. The number of hydrogen-bond acceptors (Lipinski definition) is 3. The summed E-state index contributed by atoms with van der Waals surface area (Å²) in [7, 11) is 0. The van der Waals surface area contributed by atoms with Crippen LogP contribution in [0, 0.1) is 11.8 Å². The van der Waals surface area contributed by atoms with Crippen LogP contribution in [0.3, 0.4) is 0 Å². The predicted octanol–water partition coefficient (Wildman–Crippen LogP) is 2.29. The van der Waals surface area contributed by atoms with Gasteiger partial charge in [0.05, 0.1) is 5.60 Å². The van der Waals surface area contributed by atoms with Gasteiger partial charge in [-0.15, -0.1) is 0 Å². The average molecular weight is 284 g/mol. The van der Waals surface area contributed by atoms with Gasteiger partial charge in [-0.05, 0) is 31.6 Å². The van der Waals surface area contributed by atoms with Crippen molar-refractivity contribution in [3.05, 3.63) is 0 Å². The van der Waals surface area contributed by atoms with Crippen LogP contribution in [0.5, 0.6) is 0 Å². The molecule has 4 heteroatoms. The molecule has 0 bridgehead atoms. The summed E-state index contributed by atoms with van der Waals surface area (Å²) >= 11 is 0. The molecule has 0 atom stereocenters. The Labute approximate surface area is 124 Å². The molecular formula is C16H32N2O2. The van der Waals surface area contributed by atoms with Gasteiger partial charge in [0.1, 0.15) is 6.61 Å². The van der Waals surface area contributed by atoms with Crippen molar-refractivity contribution in [2.24, 2.45) is 11.8 Å². The van der Waals surface area contributed by atoms with Crippen molar-refractivity contribution in [2.75, 3.05) is 32.8 Å². The fourth-order valence-corrected chi connectivity index (χ4v) is 2.10. The lowest BCUT2D eigenvalue weighted by Gasteiger charge is -2.39. The Hall–Kier alpha value is -0.610. The molecule has 0 spiro atoms. The van der Waals surface area contributed by atoms with Crippen LogP contribution in [0.15, 0.2) is 0 Å². The molecule has 1 amide bonds. The maximum absolute atomic E-state index is 12.3. The molecule has 0 aromatic heterocycles. The SMILES string of the molecule is CC(C)CCN(CCC(C)C)C(=O)COC1(C)CNC1. The first-order valence-corrected chi connectivity index (χ1v) is 7.95. The van der Waals surface area contributed by atoms with E-state index in [2.05, 4.69) is 39.9 Å². The Balaban J connectivity index is 2.40. The zero-order valence-electron chi connectivity index (χ0n) is 13.9. The molecule has 1 fully saturated rings. The molecule has 0 aromatic rings. The lowest BCUT2D eigenvalue weighted by molar-refractivity contribution is -0.146. The van der Waals surface area contributed by atoms with Crippen molar-refractivity contribution in [3.8, 4) is 0 Å². The molecule has 118 valence electrons. The van der Waals surface area contributed by atoms with Gasteiger partial charge < -0.3 is 15.0 Å². The number of nitrogens with zero attached hydrogens (tertiary/aromatic N) is 1. The molecule has 1 N–H and O–H groups in total. The minimum Gasteiger partial charge on any atom is -0.363 e. The fourth-order valence-electron chi connectivity index (χ4n) is 2.10. The second kappa shape index (κ2) is 7.99. The van der Waals surface area contributed by atoms with Crippen molar-refractivity contribution >= 4 is 5.91 Å². The Morgan fingerprint density at radius 2 is 1.65 bits per heavy atom. The van der Waals surface area contributed by atoms with Crippen molar-refractivity contribution < 1.29 is 9.53 Å². The monoisotopic (exact) mass is 284 g/mol. The third-order valence-electron chi connectivity index (χ3n) is 3.85. The van der Waals surface area contributed by atoms with Gasteiger partial charge in [0, 0.05) is 26.2 Å². The van der Waals surface area contributed by atoms with Crippen LogP contribution in [-0.4, -0.2) is 49.2 Å². The van der Waals surface area contributed by atoms with Crippen LogP contribution < -0.4 is 5.32 Å². The van der Waals surface area contributed by atoms with E-state index in [0.29, 0.717) is 11.8 Å². The number of amides is 1. The van der Waals surface area contributed by atoms with Gasteiger partial charge in [0.15, 0.2) is 0 Å². The van der Waals surface area contributed by atoms with Crippen molar-refractivity contribution in [3.63, 3.8) is 0 Å². The van der Waals surface area contributed by atoms with Gasteiger partial charge in [-0.25, -0.2) is 0 Å². The van der Waals surface area contributed by atoms with Gasteiger partial charge in [0.25, 0.3) is 0 Å². The summed E-state index contributed by atoms with van der Waals surface area (Å²) < 4.78 is 5.77. The molecule has 0 aliphatic carbocycles. The highest BCUT2D eigenvalue weighted by Gasteiger charge is 2.33. The van der Waals surface area contributed by atoms with Crippen LogP contribution in [-0.2, 0) is 9.53 Å². The molecule has 1 heterocycles. The fraction of sp³-hybridized carbons (Fsp3) is 0.938. The van der Waals surface area contributed by atoms with Crippen LogP contribution in [0.4, 0.5) is 0 Å². The number of nitrogens with one attached hydrogen (secondary N) is 1. The highest BCUT2D eigenvalue weighted by molar-refractivity contribution is 5.77. The van der Waals surface area contributed by atoms with Gasteiger partial charge in [0.2, 0.25) is 5.91 Å². The number of carbonyl (C=O) groups is 1. The van der Waals surface area contributed by atoms with E-state index in [4.69, 9.17) is 4.74 Å². The van der Waals surface area contributed by atoms with E-state index in [9.17, 15) is 4.79 Å². The Bertz CT molecular complexity index is 287. The second-order valence-electron chi connectivity index (χ2n) is 7.09. The van der Waals surface area contributed by atoms with E-state index in [-0.39, 0.29) is 18.1 Å². The summed E-state index contributed by atoms with van der Waals surface area (Å²) in [4.78, 5) is 14.3. The van der Waals surface area contributed by atoms with E-state index in [1.165, 1.54) is 0 Å². The van der Waals surface area contributed by atoms with E-state index in [1.54, 1.807) is 0 Å². The van der Waals surface area contributed by atoms with Gasteiger partial charge in [-0.1, -0.05) is 27.7 Å². The van der Waals surface area contributed by atoms with Crippen LogP contribution in [0.2, 0.25) is 0 Å². The summed E-state index contributed by atoms with van der Waals surface area (Å²) in [5, 5.41) is 3.18. The summed E-state index contributed by atoms with van der Waals surface area (Å²) in [6.45, 7) is 14.5. The van der Waals surface area contributed by atoms with Gasteiger partial charge in [-0.3, -0.25) is 4.79 Å². The van der Waals surface area contributed by atoms with Crippen LogP contribution >= 0.6 is 0 Å². The molecule has 0 aromatic carbocycles. The normalized spacial score (nSPS) is 17.4. The van der Waals surface area contributed by atoms with Gasteiger partial charge in [-0.2, -0.15) is 0 Å². The molecule has 4 nitrogen and oxygen atoms in total. The zero-order chi connectivity index (χ0) is 15.2. The number of ether oxygens (including phenoxy) is 1. The highest BCUT2D eigenvalue weighted by Crippen LogP contribution is 2.15. The van der Waals surface area contributed by atoms with Gasteiger partial charge >= 0.3 is 0 Å². The molecular weight excluding hydrogens is 252 g/mol. The van der Waals surface area contributed by atoms with Crippen molar-refractivity contribution in [1.82, 2.24) is 10.2 Å². The van der Waals surface area contributed by atoms with Crippen LogP contribution in [0.1, 0.15) is 47.5 Å². The van der Waals surface area contributed by atoms with E-state index in [0.717, 1.165) is 39.0 Å². The third-order valence-corrected chi connectivity index (χ3v) is 3.85. The average Bonchev–Trinajstić information content (AvgIpc) is 2.33. The van der Waals surface area contributed by atoms with Crippen LogP contribution in [0.25, 0.3) is 0 Å². The number of hydrogen-bond donors (Lipinski definition) is 1. The second-order valence-corrected chi connectivity index (χ2v) is 7.09. The predicted molar refractivity (Wildman–Crippen MR) is 82.7 cm³/mol. The smallest absolute Gasteiger partial charge is 0.248 e. The maximum atomic E-state index is 12.3. The lowest BCUT2D eigenvalue weighted by Crippen LogP contribution is -2.59. The quantitative estimate of drug-likeness (QED) is 0.706. The van der Waals surface area contributed by atoms with E-state index < -0.39 is 0 Å². The van der Waals surface area contributed by atoms with E-state index in [1.807, 2.05) is 4.90 Å². The molecule has 0 radical (unpaired) electrons. The summed E-state index contributed by atoms with van der Waals surface area (Å²) in [5.74, 6) is 1.39. The van der Waals surface area contributed by atoms with E-state index >= 15 is 0 Å². The molecule has 1 aliphatic rings. The largest absolute Gasteiger partial charge is 0.363 e. The third kappa shape index (κ3) is 6.23. The molecule has 1 rings (SSSR count). The minimum absolute atomic E-state index is 0.138. The topological polar surface area (TPSA) is 41.6 Å². The Morgan fingerprint density at radius 3 is 2.00 bits per heavy atom. The Kier molecular flexibility index (Phi) is 6.96. The zero-order valence-corrected chi connectivity index (χ0v) is 13.9. The van der Waals surface area contributed by atoms with Crippen molar-refractivity contribution in [1.29, 1.82) is 0 Å². The molecule has 20 heavy (non-hydrogen) atoms. The van der Waals surface area contributed by atoms with Crippen molar-refractivity contribution in [2.45, 2.75) is 53.1 Å². The maximum Gasteiger partial charge on any atom is 0.248 e. The standard InChI is InChI=1S/C16H32N2O2/c1-13(2)6-8-18(9-7-14(3)4)15(19)10-20-16(5)11-17-12-16/h13-14,17H,6-12H2,1-5H3. The summed E-state index contributed by atoms with van der Waals surface area (Å²) in [6.07, 6.45) is 2.12. The highest BCUT2D eigenvalue weighted by atomic mass is 16.5. The minimum atomic E-state index is -0.141. The first-order valence-electron chi connectivity index (χ1n) is 7.95. The number of carbonyl (C=O) groups excluding carboxylic acids is 1. The first-order chi connectivity index (χ1) is 9.32. The summed E-state index contributed by atoms with van der Waals surface area (Å²) in [5.41, 5.74) is -0.141. The molecule has 0 saturated carbocycles. The molecule has 1 saturated heterocycles. The Morgan fingerprint density at radius 1 is 1.15 bits per heavy atom. The molecule has 1 aliphatic heterocycles.